The predicted octanol–water partition coefficient (Wildman–Crippen LogP) is 3.52. The van der Waals surface area contributed by atoms with Crippen LogP contribution in [0.3, 0.4) is 0 Å². The van der Waals surface area contributed by atoms with Gasteiger partial charge in [-0.1, -0.05) is 6.42 Å². The van der Waals surface area contributed by atoms with Gasteiger partial charge in [-0.3, -0.25) is 0 Å². The molecule has 0 heterocycles. The molecular formula is C12H16BrFO2. The second-order valence-electron chi connectivity index (χ2n) is 3.56. The van der Waals surface area contributed by atoms with Crippen LogP contribution in [0.5, 0.6) is 5.75 Å². The number of aliphatic hydroxyl groups excluding tert-OH is 1. The van der Waals surface area contributed by atoms with Gasteiger partial charge in [-0.25, -0.2) is 4.39 Å². The van der Waals surface area contributed by atoms with Crippen LogP contribution in [0, 0.1) is 5.82 Å². The van der Waals surface area contributed by atoms with Crippen molar-refractivity contribution in [3.8, 4) is 5.75 Å². The number of aliphatic hydroxyl groups is 1. The molecule has 0 aromatic heterocycles. The fraction of sp³-hybridized carbons (Fsp3) is 0.500. The smallest absolute Gasteiger partial charge is 0.141 e. The molecular weight excluding hydrogens is 275 g/mol. The summed E-state index contributed by atoms with van der Waals surface area (Å²) in [6.45, 7) is 0.839. The first-order chi connectivity index (χ1) is 7.74. The summed E-state index contributed by atoms with van der Waals surface area (Å²) in [5.41, 5.74) is 0. The van der Waals surface area contributed by atoms with Crippen molar-refractivity contribution in [2.45, 2.75) is 25.7 Å². The van der Waals surface area contributed by atoms with E-state index in [4.69, 9.17) is 9.84 Å². The molecule has 0 aliphatic carbocycles. The van der Waals surface area contributed by atoms with Crippen molar-refractivity contribution in [1.82, 2.24) is 0 Å². The van der Waals surface area contributed by atoms with Gasteiger partial charge >= 0.3 is 0 Å². The second kappa shape index (κ2) is 7.63. The lowest BCUT2D eigenvalue weighted by Gasteiger charge is -2.06. The summed E-state index contributed by atoms with van der Waals surface area (Å²) >= 11 is 3.09. The number of hydrogen-bond acceptors (Lipinski definition) is 2. The van der Waals surface area contributed by atoms with Crippen molar-refractivity contribution in [1.29, 1.82) is 0 Å². The predicted molar refractivity (Wildman–Crippen MR) is 65.1 cm³/mol. The van der Waals surface area contributed by atoms with Gasteiger partial charge in [0.2, 0.25) is 0 Å². The molecule has 0 fully saturated rings. The van der Waals surface area contributed by atoms with Crippen LogP contribution in [0.25, 0.3) is 0 Å². The van der Waals surface area contributed by atoms with Gasteiger partial charge in [0, 0.05) is 12.7 Å². The van der Waals surface area contributed by atoms with E-state index in [1.54, 1.807) is 12.1 Å². The molecule has 0 bridgehead atoms. The van der Waals surface area contributed by atoms with Crippen molar-refractivity contribution >= 4 is 15.9 Å². The molecule has 1 rings (SSSR count). The van der Waals surface area contributed by atoms with Crippen molar-refractivity contribution in [2.24, 2.45) is 0 Å². The van der Waals surface area contributed by atoms with Crippen molar-refractivity contribution in [3.05, 3.63) is 28.5 Å². The Kier molecular flexibility index (Phi) is 6.42. The van der Waals surface area contributed by atoms with Crippen LogP contribution in [0.1, 0.15) is 25.7 Å². The zero-order chi connectivity index (χ0) is 11.8. The maximum atomic E-state index is 13.1. The van der Waals surface area contributed by atoms with E-state index >= 15 is 0 Å². The van der Waals surface area contributed by atoms with E-state index in [0.29, 0.717) is 16.8 Å². The number of halogens is 2. The minimum atomic E-state index is -0.308. The van der Waals surface area contributed by atoms with Crippen LogP contribution in [0.4, 0.5) is 4.39 Å². The second-order valence-corrected chi connectivity index (χ2v) is 4.42. The molecule has 0 saturated heterocycles. The molecule has 2 nitrogen and oxygen atoms in total. The fourth-order valence-electron chi connectivity index (χ4n) is 1.32. The van der Waals surface area contributed by atoms with E-state index in [-0.39, 0.29) is 12.4 Å². The monoisotopic (exact) mass is 290 g/mol. The van der Waals surface area contributed by atoms with Crippen LogP contribution in [0.15, 0.2) is 22.7 Å². The van der Waals surface area contributed by atoms with Crippen LogP contribution in [0.2, 0.25) is 0 Å². The summed E-state index contributed by atoms with van der Waals surface area (Å²) < 4.78 is 18.9. The largest absolute Gasteiger partial charge is 0.493 e. The lowest BCUT2D eigenvalue weighted by Crippen LogP contribution is -1.98. The third-order valence-corrected chi connectivity index (χ3v) is 2.86. The maximum absolute atomic E-state index is 13.1. The van der Waals surface area contributed by atoms with Gasteiger partial charge in [-0.15, -0.1) is 0 Å². The normalized spacial score (nSPS) is 10.4. The first-order valence-electron chi connectivity index (χ1n) is 5.43. The highest BCUT2D eigenvalue weighted by Crippen LogP contribution is 2.21. The lowest BCUT2D eigenvalue weighted by molar-refractivity contribution is 0.273. The average molecular weight is 291 g/mol. The molecule has 16 heavy (non-hydrogen) atoms. The Hall–Kier alpha value is -0.610. The summed E-state index contributed by atoms with van der Waals surface area (Å²) in [5.74, 6) is 0.251. The maximum Gasteiger partial charge on any atom is 0.141 e. The average Bonchev–Trinajstić information content (AvgIpc) is 2.28. The number of benzene rings is 1. The minimum Gasteiger partial charge on any atom is -0.493 e. The van der Waals surface area contributed by atoms with Gasteiger partial charge < -0.3 is 9.84 Å². The molecule has 0 spiro atoms. The van der Waals surface area contributed by atoms with Crippen molar-refractivity contribution in [3.63, 3.8) is 0 Å². The van der Waals surface area contributed by atoms with Gasteiger partial charge in [0.15, 0.2) is 0 Å². The van der Waals surface area contributed by atoms with Gasteiger partial charge in [-0.05, 0) is 47.3 Å². The lowest BCUT2D eigenvalue weighted by atomic mass is 10.2. The van der Waals surface area contributed by atoms with Gasteiger partial charge in [0.05, 0.1) is 11.1 Å². The molecule has 0 atom stereocenters. The Morgan fingerprint density at radius 3 is 2.62 bits per heavy atom. The first kappa shape index (κ1) is 13.5. The summed E-state index contributed by atoms with van der Waals surface area (Å²) in [6, 6.07) is 4.75. The van der Waals surface area contributed by atoms with E-state index in [0.717, 1.165) is 25.7 Å². The van der Waals surface area contributed by atoms with Crippen molar-refractivity contribution < 1.29 is 14.2 Å². The number of ether oxygens (including phenoxy) is 1. The summed E-state index contributed by atoms with van der Waals surface area (Å²) in [6.07, 6.45) is 3.80. The Labute approximate surface area is 104 Å². The van der Waals surface area contributed by atoms with E-state index in [9.17, 15) is 4.39 Å². The minimum absolute atomic E-state index is 0.249. The Morgan fingerprint density at radius 2 is 1.94 bits per heavy atom. The molecule has 0 amide bonds. The molecule has 90 valence electrons. The quantitative estimate of drug-likeness (QED) is 0.779. The van der Waals surface area contributed by atoms with Gasteiger partial charge in [-0.2, -0.15) is 0 Å². The van der Waals surface area contributed by atoms with E-state index in [1.807, 2.05) is 0 Å². The summed E-state index contributed by atoms with van der Waals surface area (Å²) in [4.78, 5) is 0. The van der Waals surface area contributed by atoms with Crippen LogP contribution < -0.4 is 4.74 Å². The highest BCUT2D eigenvalue weighted by Gasteiger charge is 2.00. The van der Waals surface area contributed by atoms with Gasteiger partial charge in [0.1, 0.15) is 11.6 Å². The Morgan fingerprint density at radius 1 is 1.19 bits per heavy atom. The van der Waals surface area contributed by atoms with E-state index in [2.05, 4.69) is 15.9 Å². The van der Waals surface area contributed by atoms with Crippen molar-refractivity contribution in [2.75, 3.05) is 13.2 Å². The molecule has 0 radical (unpaired) electrons. The molecule has 0 unspecified atom stereocenters. The standard InChI is InChI=1S/C12H16BrFO2/c13-11-6-5-10(9-12(11)14)16-8-4-2-1-3-7-15/h5-6,9,15H,1-4,7-8H2. The van der Waals surface area contributed by atoms with E-state index in [1.165, 1.54) is 6.07 Å². The fourth-order valence-corrected chi connectivity index (χ4v) is 1.57. The number of hydrogen-bond donors (Lipinski definition) is 1. The Bertz CT molecular complexity index is 318. The van der Waals surface area contributed by atoms with Gasteiger partial charge in [0.25, 0.3) is 0 Å². The number of unbranched alkanes of at least 4 members (excludes halogenated alkanes) is 3. The molecule has 1 N–H and O–H groups in total. The zero-order valence-corrected chi connectivity index (χ0v) is 10.7. The third kappa shape index (κ3) is 4.94. The highest BCUT2D eigenvalue weighted by atomic mass is 79.9. The molecule has 0 aliphatic heterocycles. The molecule has 1 aromatic carbocycles. The molecule has 1 aromatic rings. The third-order valence-electron chi connectivity index (χ3n) is 2.21. The zero-order valence-electron chi connectivity index (χ0n) is 9.09. The molecule has 0 aliphatic rings. The first-order valence-corrected chi connectivity index (χ1v) is 6.22. The van der Waals surface area contributed by atoms with Crippen LogP contribution >= 0.6 is 15.9 Å². The molecule has 0 saturated carbocycles. The topological polar surface area (TPSA) is 29.5 Å². The van der Waals surface area contributed by atoms with Crippen LogP contribution in [-0.4, -0.2) is 18.3 Å². The Balaban J connectivity index is 2.19. The summed E-state index contributed by atoms with van der Waals surface area (Å²) in [5, 5.41) is 8.58. The summed E-state index contributed by atoms with van der Waals surface area (Å²) in [7, 11) is 0. The highest BCUT2D eigenvalue weighted by molar-refractivity contribution is 9.10. The number of rotatable bonds is 7. The van der Waals surface area contributed by atoms with E-state index < -0.39 is 0 Å². The SMILES string of the molecule is OCCCCCCOc1ccc(Br)c(F)c1. The van der Waals surface area contributed by atoms with Crippen LogP contribution in [-0.2, 0) is 0 Å². The molecule has 4 heteroatoms.